The Kier molecular flexibility index (Phi) is 17.0. The van der Waals surface area contributed by atoms with Crippen molar-refractivity contribution in [2.24, 2.45) is 11.8 Å². The first kappa shape index (κ1) is 27.1. The zero-order valence-electron chi connectivity index (χ0n) is 14.1. The smallest absolute Gasteiger partial charge is 0.0190 e. The second kappa shape index (κ2) is 15.0. The van der Waals surface area contributed by atoms with Crippen molar-refractivity contribution >= 4 is 101 Å². The van der Waals surface area contributed by atoms with Crippen LogP contribution in [0.2, 0.25) is 0 Å². The summed E-state index contributed by atoms with van der Waals surface area (Å²) < 4.78 is 0. The molecule has 0 N–H and O–H groups in total. The molecule has 10 heteroatoms. The lowest BCUT2D eigenvalue weighted by Gasteiger charge is -2.20. The Morgan fingerprint density at radius 3 is 1.25 bits per heavy atom. The highest BCUT2D eigenvalue weighted by atomic mass is 36.2. The van der Waals surface area contributed by atoms with Crippen LogP contribution in [0.1, 0.15) is 52.4 Å². The molecule has 0 aromatic carbocycles. The molecule has 24 heavy (non-hydrogen) atoms. The van der Waals surface area contributed by atoms with Gasteiger partial charge in [-0.3, -0.25) is 0 Å². The molecule has 0 aromatic rings. The Morgan fingerprint density at radius 1 is 0.625 bits per heavy atom. The van der Waals surface area contributed by atoms with E-state index in [1.807, 2.05) is 21.6 Å². The summed E-state index contributed by atoms with van der Waals surface area (Å²) in [4.78, 5) is 0. The fraction of sp³-hybridized carbons (Fsp3) is 1.00. The Bertz CT molecular complexity index is 279. The zero-order chi connectivity index (χ0) is 18.6. The molecular weight excluding hydrogens is 509 g/mol. The number of rotatable bonds is 15. The molecule has 0 heterocycles. The third-order valence-electron chi connectivity index (χ3n) is 3.38. The molecule has 2 unspecified atom stereocenters. The van der Waals surface area contributed by atoms with E-state index in [0.29, 0.717) is 11.8 Å². The van der Waals surface area contributed by atoms with Gasteiger partial charge in [0.05, 0.1) is 0 Å². The summed E-state index contributed by atoms with van der Waals surface area (Å²) in [7, 11) is 35.5. The predicted octanol–water partition coefficient (Wildman–Crippen LogP) is 10.5. The second-order valence-corrected chi connectivity index (χ2v) is 23.9. The molecule has 0 amide bonds. The van der Waals surface area contributed by atoms with Crippen LogP contribution in [0.3, 0.4) is 0 Å². The van der Waals surface area contributed by atoms with Crippen LogP contribution in [0.4, 0.5) is 0 Å². The molecule has 0 saturated heterocycles. The van der Waals surface area contributed by atoms with E-state index in [1.54, 1.807) is 0 Å². The second-order valence-electron chi connectivity index (χ2n) is 6.18. The molecule has 0 rings (SSSR count). The van der Waals surface area contributed by atoms with Crippen molar-refractivity contribution in [2.75, 3.05) is 23.0 Å². The van der Waals surface area contributed by atoms with Crippen LogP contribution in [0, 0.1) is 11.8 Å². The van der Waals surface area contributed by atoms with E-state index in [0.717, 1.165) is 24.3 Å². The van der Waals surface area contributed by atoms with Gasteiger partial charge < -0.3 is 0 Å². The monoisotopic (exact) mass is 534 g/mol. The lowest BCUT2D eigenvalue weighted by atomic mass is 10.1. The van der Waals surface area contributed by atoms with E-state index < -0.39 is 15.3 Å². The molecule has 150 valence electrons. The number of hydrogen-bond donors (Lipinski definition) is 0. The molecular formula is C14H28Cl6S4. The summed E-state index contributed by atoms with van der Waals surface area (Å²) in [6.45, 7) is 4.34. The summed E-state index contributed by atoms with van der Waals surface area (Å²) in [5, 5.41) is 0. The van der Waals surface area contributed by atoms with Crippen molar-refractivity contribution in [3.8, 4) is 0 Å². The number of hydrogen-bond acceptors (Lipinski definition) is 2. The van der Waals surface area contributed by atoms with Crippen molar-refractivity contribution in [3.63, 3.8) is 0 Å². The van der Waals surface area contributed by atoms with Crippen molar-refractivity contribution in [1.82, 2.24) is 0 Å². The van der Waals surface area contributed by atoms with Gasteiger partial charge in [0.2, 0.25) is 0 Å². The molecule has 0 aliphatic rings. The first-order valence-electron chi connectivity index (χ1n) is 8.03. The third-order valence-corrected chi connectivity index (χ3v) is 10.1. The van der Waals surface area contributed by atoms with Gasteiger partial charge >= 0.3 is 0 Å². The van der Waals surface area contributed by atoms with Gasteiger partial charge in [0, 0.05) is 23.0 Å². The van der Waals surface area contributed by atoms with Crippen LogP contribution in [0.25, 0.3) is 0 Å². The molecule has 0 saturated carbocycles. The van der Waals surface area contributed by atoms with E-state index in [-0.39, 0.29) is 0 Å². The standard InChI is InChI=1S/C14H28Cl6S4/c1-13(11-23(15,16)17)7-3-5-9-21-22-10-6-4-8-14(2)12-24(18,19)20/h13-14H,3-12H2,1-2H3. The minimum atomic E-state index is -1.91. The quantitative estimate of drug-likeness (QED) is 0.151. The van der Waals surface area contributed by atoms with Crippen molar-refractivity contribution < 1.29 is 0 Å². The highest BCUT2D eigenvalue weighted by Crippen LogP contribution is 2.64. The normalized spacial score (nSPS) is 16.8. The minimum absolute atomic E-state index is 0.502. The van der Waals surface area contributed by atoms with Gasteiger partial charge in [-0.05, 0) is 117 Å². The largest absolute Gasteiger partial charge is 0.0942 e. The molecule has 0 fully saturated rings. The Labute approximate surface area is 186 Å². The maximum Gasteiger partial charge on any atom is 0.0190 e. The third kappa shape index (κ3) is 21.4. The molecule has 0 nitrogen and oxygen atoms in total. The lowest BCUT2D eigenvalue weighted by molar-refractivity contribution is 0.559. The van der Waals surface area contributed by atoms with Crippen LogP contribution in [-0.4, -0.2) is 23.0 Å². The topological polar surface area (TPSA) is 0 Å². The first-order chi connectivity index (χ1) is 11.0. The molecule has 0 bridgehead atoms. The molecule has 2 atom stereocenters. The summed E-state index contributed by atoms with van der Waals surface area (Å²) in [5.41, 5.74) is 0. The average Bonchev–Trinajstić information content (AvgIpc) is 2.36. The van der Waals surface area contributed by atoms with E-state index >= 15 is 0 Å². The van der Waals surface area contributed by atoms with E-state index in [1.165, 1.54) is 37.2 Å². The molecule has 0 aliphatic carbocycles. The van der Waals surface area contributed by atoms with E-state index in [4.69, 9.17) is 64.1 Å². The minimum Gasteiger partial charge on any atom is -0.0942 e. The number of unbranched alkanes of at least 4 members (excludes halogenated alkanes) is 2. The summed E-state index contributed by atoms with van der Waals surface area (Å²) in [6.07, 6.45) is 7.20. The van der Waals surface area contributed by atoms with Gasteiger partial charge in [-0.15, -0.1) is 0 Å². The van der Waals surface area contributed by atoms with Crippen molar-refractivity contribution in [1.29, 1.82) is 0 Å². The van der Waals surface area contributed by atoms with Gasteiger partial charge in [-0.1, -0.05) is 48.3 Å². The van der Waals surface area contributed by atoms with E-state index in [2.05, 4.69) is 13.8 Å². The Morgan fingerprint density at radius 2 is 0.958 bits per heavy atom. The van der Waals surface area contributed by atoms with Crippen LogP contribution in [-0.2, 0) is 0 Å². The first-order valence-corrected chi connectivity index (χ1v) is 19.1. The molecule has 0 radical (unpaired) electrons. The fourth-order valence-corrected chi connectivity index (χ4v) is 10.0. The Balaban J connectivity index is 3.34. The SMILES string of the molecule is CC(CCCCSSCCCCC(C)CS(Cl)(Cl)Cl)CS(Cl)(Cl)Cl. The lowest BCUT2D eigenvalue weighted by Crippen LogP contribution is -2.01. The molecule has 0 aliphatic heterocycles. The highest BCUT2D eigenvalue weighted by molar-refractivity contribution is 8.79. The summed E-state index contributed by atoms with van der Waals surface area (Å²) >= 11 is 0. The van der Waals surface area contributed by atoms with Crippen LogP contribution in [0.15, 0.2) is 0 Å². The van der Waals surface area contributed by atoms with Crippen LogP contribution < -0.4 is 0 Å². The maximum atomic E-state index is 5.89. The van der Waals surface area contributed by atoms with E-state index in [9.17, 15) is 0 Å². The number of halogens is 6. The van der Waals surface area contributed by atoms with Gasteiger partial charge in [-0.25, -0.2) is 0 Å². The molecule has 0 aromatic heterocycles. The fourth-order valence-electron chi connectivity index (χ4n) is 2.24. The summed E-state index contributed by atoms with van der Waals surface area (Å²) in [5.74, 6) is 4.84. The Hall–Kier alpha value is 3.14. The van der Waals surface area contributed by atoms with Gasteiger partial charge in [0.25, 0.3) is 0 Å². The van der Waals surface area contributed by atoms with Gasteiger partial charge in [0.1, 0.15) is 0 Å². The molecule has 0 spiro atoms. The highest BCUT2D eigenvalue weighted by Gasteiger charge is 2.18. The predicted molar refractivity (Wildman–Crippen MR) is 131 cm³/mol. The average molecular weight is 537 g/mol. The maximum absolute atomic E-state index is 5.89. The summed E-state index contributed by atoms with van der Waals surface area (Å²) in [6, 6.07) is 0. The van der Waals surface area contributed by atoms with Crippen LogP contribution >= 0.6 is 101 Å². The van der Waals surface area contributed by atoms with Crippen molar-refractivity contribution in [3.05, 3.63) is 0 Å². The van der Waals surface area contributed by atoms with Gasteiger partial charge in [-0.2, -0.15) is 0 Å². The van der Waals surface area contributed by atoms with Crippen LogP contribution in [0.5, 0.6) is 0 Å². The van der Waals surface area contributed by atoms with Crippen molar-refractivity contribution in [2.45, 2.75) is 52.4 Å². The zero-order valence-corrected chi connectivity index (χ0v) is 21.9. The van der Waals surface area contributed by atoms with Gasteiger partial charge in [0.15, 0.2) is 0 Å².